The highest BCUT2D eigenvalue weighted by Gasteiger charge is 2.39. The molecule has 0 N–H and O–H groups in total. The van der Waals surface area contributed by atoms with Gasteiger partial charge in [0.2, 0.25) is 0 Å². The Hall–Kier alpha value is -2.09. The lowest BCUT2D eigenvalue weighted by atomic mass is 10.1. The van der Waals surface area contributed by atoms with Crippen LogP contribution in [0.1, 0.15) is 43.2 Å². The van der Waals surface area contributed by atoms with Gasteiger partial charge in [0.15, 0.2) is 23.1 Å². The number of ether oxygens (including phenoxy) is 2. The summed E-state index contributed by atoms with van der Waals surface area (Å²) in [5, 5.41) is 0. The van der Waals surface area contributed by atoms with Gasteiger partial charge in [-0.15, -0.1) is 0 Å². The molecule has 0 radical (unpaired) electrons. The molecule has 1 heterocycles. The lowest BCUT2D eigenvalue weighted by Gasteiger charge is -2.33. The number of hydrogen-bond donors (Lipinski definition) is 0. The van der Waals surface area contributed by atoms with Crippen molar-refractivity contribution in [2.24, 2.45) is 0 Å². The van der Waals surface area contributed by atoms with E-state index in [-0.39, 0.29) is 42.7 Å². The van der Waals surface area contributed by atoms with Crippen molar-refractivity contribution in [3.63, 3.8) is 0 Å². The Morgan fingerprint density at radius 3 is 2.38 bits per heavy atom. The number of esters is 1. The summed E-state index contributed by atoms with van der Waals surface area (Å²) >= 11 is 0. The first-order valence-corrected chi connectivity index (χ1v) is 11.9. The summed E-state index contributed by atoms with van der Waals surface area (Å²) in [6, 6.07) is 5.25. The number of carbonyl (C=O) groups excluding carboxylic acids is 2. The molecule has 0 bridgehead atoms. The number of hydrogen-bond acceptors (Lipinski definition) is 6. The van der Waals surface area contributed by atoms with E-state index in [9.17, 15) is 18.0 Å². The van der Waals surface area contributed by atoms with E-state index in [4.69, 9.17) is 9.47 Å². The van der Waals surface area contributed by atoms with Gasteiger partial charge < -0.3 is 14.4 Å². The summed E-state index contributed by atoms with van der Waals surface area (Å²) in [6.45, 7) is 3.28. The van der Waals surface area contributed by atoms with E-state index in [1.807, 2.05) is 26.0 Å². The molecule has 1 saturated carbocycles. The van der Waals surface area contributed by atoms with Gasteiger partial charge >= 0.3 is 5.97 Å². The fraction of sp³-hybridized carbons (Fsp3) is 0.619. The number of aryl methyl sites for hydroxylation is 2. The molecule has 0 aromatic heterocycles. The molecule has 3 rings (SSSR count). The summed E-state index contributed by atoms with van der Waals surface area (Å²) in [5.74, 6) is -0.266. The molecule has 1 atom stereocenters. The Balaban J connectivity index is 1.53. The van der Waals surface area contributed by atoms with Crippen LogP contribution in [-0.2, 0) is 24.2 Å². The molecule has 1 aliphatic carbocycles. The SMILES string of the molecule is Cc1ccc(OCC(=O)OCC(=O)N(C2CCCC2)[C@@H]2CCS(=O)(=O)C2)cc1C. The van der Waals surface area contributed by atoms with E-state index in [0.29, 0.717) is 12.2 Å². The van der Waals surface area contributed by atoms with Crippen molar-refractivity contribution in [3.8, 4) is 5.75 Å². The number of benzene rings is 1. The highest BCUT2D eigenvalue weighted by Crippen LogP contribution is 2.29. The zero-order valence-electron chi connectivity index (χ0n) is 17.1. The summed E-state index contributed by atoms with van der Waals surface area (Å²) < 4.78 is 34.3. The number of sulfone groups is 1. The maximum absolute atomic E-state index is 12.8. The van der Waals surface area contributed by atoms with Crippen molar-refractivity contribution in [2.45, 2.75) is 58.0 Å². The number of rotatable bonds is 7. The molecule has 1 aromatic rings. The maximum Gasteiger partial charge on any atom is 0.344 e. The molecular formula is C21H29NO6S. The Kier molecular flexibility index (Phi) is 6.82. The summed E-state index contributed by atoms with van der Waals surface area (Å²) in [6.07, 6.45) is 4.24. The van der Waals surface area contributed by atoms with Gasteiger partial charge in [0, 0.05) is 12.1 Å². The van der Waals surface area contributed by atoms with Gasteiger partial charge in [-0.1, -0.05) is 18.9 Å². The van der Waals surface area contributed by atoms with Crippen LogP contribution in [0.15, 0.2) is 18.2 Å². The average Bonchev–Trinajstić information content (AvgIpc) is 3.31. The predicted octanol–water partition coefficient (Wildman–Crippen LogP) is 2.18. The van der Waals surface area contributed by atoms with Gasteiger partial charge in [0.25, 0.3) is 5.91 Å². The molecule has 1 saturated heterocycles. The summed E-state index contributed by atoms with van der Waals surface area (Å²) in [4.78, 5) is 26.5. The molecule has 160 valence electrons. The van der Waals surface area contributed by atoms with E-state index < -0.39 is 15.8 Å². The first-order chi connectivity index (χ1) is 13.7. The van der Waals surface area contributed by atoms with Crippen molar-refractivity contribution in [3.05, 3.63) is 29.3 Å². The van der Waals surface area contributed by atoms with E-state index in [1.165, 1.54) is 0 Å². The first-order valence-electron chi connectivity index (χ1n) is 10.1. The van der Waals surface area contributed by atoms with Gasteiger partial charge in [0.05, 0.1) is 11.5 Å². The Morgan fingerprint density at radius 1 is 1.03 bits per heavy atom. The van der Waals surface area contributed by atoms with Crippen LogP contribution in [0.5, 0.6) is 5.75 Å². The molecule has 0 unspecified atom stereocenters. The minimum absolute atomic E-state index is 0.000920. The lowest BCUT2D eigenvalue weighted by molar-refractivity contribution is -0.155. The third-order valence-corrected chi connectivity index (χ3v) is 7.55. The average molecular weight is 424 g/mol. The second-order valence-corrected chi connectivity index (χ2v) is 10.2. The van der Waals surface area contributed by atoms with Crippen LogP contribution in [-0.4, -0.2) is 62.0 Å². The van der Waals surface area contributed by atoms with Gasteiger partial charge in [-0.3, -0.25) is 4.79 Å². The number of carbonyl (C=O) groups is 2. The fourth-order valence-corrected chi connectivity index (χ4v) is 5.80. The van der Waals surface area contributed by atoms with Crippen LogP contribution in [0, 0.1) is 13.8 Å². The monoisotopic (exact) mass is 423 g/mol. The van der Waals surface area contributed by atoms with Gasteiger partial charge in [-0.25, -0.2) is 13.2 Å². The molecule has 2 aliphatic rings. The van der Waals surface area contributed by atoms with E-state index >= 15 is 0 Å². The van der Waals surface area contributed by atoms with Gasteiger partial charge in [-0.05, 0) is 56.4 Å². The maximum atomic E-state index is 12.8. The third-order valence-electron chi connectivity index (χ3n) is 5.80. The Morgan fingerprint density at radius 2 is 1.76 bits per heavy atom. The van der Waals surface area contributed by atoms with Crippen LogP contribution < -0.4 is 4.74 Å². The van der Waals surface area contributed by atoms with Crippen LogP contribution in [0.2, 0.25) is 0 Å². The smallest absolute Gasteiger partial charge is 0.344 e. The van der Waals surface area contributed by atoms with Crippen LogP contribution >= 0.6 is 0 Å². The topological polar surface area (TPSA) is 90.0 Å². The molecule has 0 spiro atoms. The van der Waals surface area contributed by atoms with Crippen molar-refractivity contribution >= 4 is 21.7 Å². The normalized spacial score (nSPS) is 21.1. The highest BCUT2D eigenvalue weighted by atomic mass is 32.2. The fourth-order valence-electron chi connectivity index (χ4n) is 4.09. The number of amides is 1. The Bertz CT molecular complexity index is 860. The van der Waals surface area contributed by atoms with E-state index in [1.54, 1.807) is 11.0 Å². The highest BCUT2D eigenvalue weighted by molar-refractivity contribution is 7.91. The third kappa shape index (κ3) is 5.72. The molecule has 1 aliphatic heterocycles. The quantitative estimate of drug-likeness (QED) is 0.625. The standard InChI is InChI=1S/C21H29NO6S/c1-15-7-8-19(11-16(15)2)27-13-21(24)28-12-20(23)22(17-5-3-4-6-17)18-9-10-29(25,26)14-18/h7-8,11,17-18H,3-6,9-10,12-14H2,1-2H3/t18-/m1/s1. The van der Waals surface area contributed by atoms with E-state index in [2.05, 4.69) is 0 Å². The zero-order chi connectivity index (χ0) is 21.0. The lowest BCUT2D eigenvalue weighted by Crippen LogP contribution is -2.48. The largest absolute Gasteiger partial charge is 0.482 e. The van der Waals surface area contributed by atoms with Crippen molar-refractivity contribution in [1.29, 1.82) is 0 Å². The van der Waals surface area contributed by atoms with Gasteiger partial charge in [-0.2, -0.15) is 0 Å². The first kappa shape index (κ1) is 21.6. The molecule has 2 fully saturated rings. The van der Waals surface area contributed by atoms with Crippen LogP contribution in [0.3, 0.4) is 0 Å². The second-order valence-electron chi connectivity index (χ2n) is 7.99. The second kappa shape index (κ2) is 9.15. The Labute approximate surface area is 172 Å². The molecule has 1 aromatic carbocycles. The van der Waals surface area contributed by atoms with Gasteiger partial charge in [0.1, 0.15) is 5.75 Å². The number of nitrogens with zero attached hydrogens (tertiary/aromatic N) is 1. The minimum atomic E-state index is -3.10. The predicted molar refractivity (Wildman–Crippen MR) is 109 cm³/mol. The summed E-state index contributed by atoms with van der Waals surface area (Å²) in [5.41, 5.74) is 2.19. The van der Waals surface area contributed by atoms with E-state index in [0.717, 1.165) is 36.8 Å². The molecule has 1 amide bonds. The van der Waals surface area contributed by atoms with Crippen molar-refractivity contribution in [1.82, 2.24) is 4.90 Å². The molecule has 29 heavy (non-hydrogen) atoms. The summed E-state index contributed by atoms with van der Waals surface area (Å²) in [7, 11) is -3.10. The molecular weight excluding hydrogens is 394 g/mol. The molecule has 8 heteroatoms. The van der Waals surface area contributed by atoms with Crippen LogP contribution in [0.4, 0.5) is 0 Å². The van der Waals surface area contributed by atoms with Crippen molar-refractivity contribution in [2.75, 3.05) is 24.7 Å². The van der Waals surface area contributed by atoms with Crippen LogP contribution in [0.25, 0.3) is 0 Å². The minimum Gasteiger partial charge on any atom is -0.482 e. The zero-order valence-corrected chi connectivity index (χ0v) is 17.9. The molecule has 7 nitrogen and oxygen atoms in total. The van der Waals surface area contributed by atoms with Crippen molar-refractivity contribution < 1.29 is 27.5 Å².